The lowest BCUT2D eigenvalue weighted by atomic mass is 9.70. The van der Waals surface area contributed by atoms with Crippen molar-refractivity contribution in [1.29, 1.82) is 0 Å². The molecule has 0 heterocycles. The monoisotopic (exact) mass is 354 g/mol. The van der Waals surface area contributed by atoms with Gasteiger partial charge < -0.3 is 0 Å². The van der Waals surface area contributed by atoms with Crippen LogP contribution >= 0.6 is 0 Å². The third-order valence-electron chi connectivity index (χ3n) is 7.39. The quantitative estimate of drug-likeness (QED) is 0.371. The maximum Gasteiger partial charge on any atom is -0.0162 e. The first-order valence-corrected chi connectivity index (χ1v) is 11.9. The summed E-state index contributed by atoms with van der Waals surface area (Å²) in [7, 11) is 0. The van der Waals surface area contributed by atoms with Crippen molar-refractivity contribution in [2.24, 2.45) is 17.8 Å². The van der Waals surface area contributed by atoms with Gasteiger partial charge in [-0.3, -0.25) is 0 Å². The molecule has 0 atom stereocenters. The maximum atomic E-state index is 2.46. The molecule has 3 rings (SSSR count). The molecule has 1 aromatic rings. The Morgan fingerprint density at radius 2 is 1.38 bits per heavy atom. The van der Waals surface area contributed by atoms with E-state index in [-0.39, 0.29) is 0 Å². The zero-order valence-electron chi connectivity index (χ0n) is 17.5. The van der Waals surface area contributed by atoms with Gasteiger partial charge in [-0.1, -0.05) is 76.6 Å². The summed E-state index contributed by atoms with van der Waals surface area (Å²) >= 11 is 0. The Kier molecular flexibility index (Phi) is 8.08. The fraction of sp³-hybridized carbons (Fsp3) is 0.769. The van der Waals surface area contributed by atoms with Gasteiger partial charge in [0.1, 0.15) is 0 Å². The molecule has 146 valence electrons. The molecule has 0 saturated heterocycles. The van der Waals surface area contributed by atoms with E-state index >= 15 is 0 Å². The summed E-state index contributed by atoms with van der Waals surface area (Å²) in [5.41, 5.74) is 3.19. The van der Waals surface area contributed by atoms with Crippen molar-refractivity contribution < 1.29 is 0 Å². The van der Waals surface area contributed by atoms with Crippen LogP contribution in [-0.2, 0) is 6.42 Å². The minimum atomic E-state index is 0.841. The summed E-state index contributed by atoms with van der Waals surface area (Å²) in [4.78, 5) is 0. The normalized spacial score (nSPS) is 28.7. The highest BCUT2D eigenvalue weighted by molar-refractivity contribution is 5.26. The first kappa shape index (κ1) is 20.0. The minimum absolute atomic E-state index is 0.841. The van der Waals surface area contributed by atoms with Crippen molar-refractivity contribution in [2.75, 3.05) is 0 Å². The van der Waals surface area contributed by atoms with Gasteiger partial charge in [0.25, 0.3) is 0 Å². The molecule has 0 aliphatic heterocycles. The third kappa shape index (κ3) is 5.86. The van der Waals surface area contributed by atoms with E-state index in [1.807, 2.05) is 0 Å². The van der Waals surface area contributed by atoms with E-state index in [9.17, 15) is 0 Å². The molecule has 0 amide bonds. The average Bonchev–Trinajstić information content (AvgIpc) is 2.65. The molecule has 0 N–H and O–H groups in total. The van der Waals surface area contributed by atoms with Crippen molar-refractivity contribution in [3.63, 3.8) is 0 Å². The van der Waals surface area contributed by atoms with E-state index in [2.05, 4.69) is 38.1 Å². The molecular formula is C26H42. The molecule has 2 aliphatic carbocycles. The minimum Gasteiger partial charge on any atom is -0.0654 e. The Labute approximate surface area is 163 Å². The van der Waals surface area contributed by atoms with Crippen LogP contribution in [-0.4, -0.2) is 0 Å². The van der Waals surface area contributed by atoms with Crippen LogP contribution < -0.4 is 0 Å². The summed E-state index contributed by atoms with van der Waals surface area (Å²) in [6.07, 6.45) is 20.1. The highest BCUT2D eigenvalue weighted by Crippen LogP contribution is 2.40. The molecule has 0 heteroatoms. The second-order valence-electron chi connectivity index (χ2n) is 9.49. The van der Waals surface area contributed by atoms with E-state index in [0.717, 1.165) is 23.7 Å². The zero-order valence-corrected chi connectivity index (χ0v) is 17.5. The Morgan fingerprint density at radius 3 is 2.04 bits per heavy atom. The standard InChI is InChI=1S/C26H42/c1-3-5-6-8-21-11-15-25(16-12-21)26-17-13-22(14-18-26)9-10-24-19-23(20-24)7-4-2/h13-14,17-18,21,23-25H,3-12,15-16,19-20H2,1-2H3/t21-,23?,24?,25-. The average molecular weight is 355 g/mol. The van der Waals surface area contributed by atoms with Gasteiger partial charge in [-0.05, 0) is 86.2 Å². The van der Waals surface area contributed by atoms with Crippen LogP contribution in [0.1, 0.15) is 114 Å². The summed E-state index contributed by atoms with van der Waals surface area (Å²) in [5.74, 6) is 3.95. The fourth-order valence-corrected chi connectivity index (χ4v) is 5.55. The zero-order chi connectivity index (χ0) is 18.2. The van der Waals surface area contributed by atoms with Crippen LogP contribution in [0.4, 0.5) is 0 Å². The van der Waals surface area contributed by atoms with Gasteiger partial charge in [0.15, 0.2) is 0 Å². The molecule has 0 aromatic heterocycles. The number of rotatable bonds is 10. The van der Waals surface area contributed by atoms with E-state index < -0.39 is 0 Å². The van der Waals surface area contributed by atoms with Gasteiger partial charge in [-0.25, -0.2) is 0 Å². The largest absolute Gasteiger partial charge is 0.0654 e. The molecule has 2 fully saturated rings. The van der Waals surface area contributed by atoms with Crippen molar-refractivity contribution >= 4 is 0 Å². The molecule has 2 saturated carbocycles. The van der Waals surface area contributed by atoms with Gasteiger partial charge >= 0.3 is 0 Å². The second kappa shape index (κ2) is 10.5. The smallest absolute Gasteiger partial charge is 0.0162 e. The summed E-state index contributed by atoms with van der Waals surface area (Å²) < 4.78 is 0. The van der Waals surface area contributed by atoms with Gasteiger partial charge in [0.05, 0.1) is 0 Å². The van der Waals surface area contributed by atoms with Crippen LogP contribution in [0.2, 0.25) is 0 Å². The van der Waals surface area contributed by atoms with Gasteiger partial charge in [0.2, 0.25) is 0 Å². The summed E-state index contributed by atoms with van der Waals surface area (Å²) in [6.45, 7) is 4.64. The summed E-state index contributed by atoms with van der Waals surface area (Å²) in [6, 6.07) is 9.78. The van der Waals surface area contributed by atoms with E-state index in [1.54, 1.807) is 11.1 Å². The molecule has 0 bridgehead atoms. The Balaban J connectivity index is 1.36. The lowest BCUT2D eigenvalue weighted by Gasteiger charge is -2.35. The van der Waals surface area contributed by atoms with Crippen LogP contribution in [0.25, 0.3) is 0 Å². The third-order valence-corrected chi connectivity index (χ3v) is 7.39. The van der Waals surface area contributed by atoms with Crippen LogP contribution in [0, 0.1) is 17.8 Å². The maximum absolute atomic E-state index is 2.46. The van der Waals surface area contributed by atoms with Crippen molar-refractivity contribution in [1.82, 2.24) is 0 Å². The summed E-state index contributed by atoms with van der Waals surface area (Å²) in [5, 5.41) is 0. The van der Waals surface area contributed by atoms with Crippen molar-refractivity contribution in [2.45, 2.75) is 110 Å². The van der Waals surface area contributed by atoms with Gasteiger partial charge in [0, 0.05) is 0 Å². The molecule has 2 aliphatic rings. The Morgan fingerprint density at radius 1 is 0.692 bits per heavy atom. The van der Waals surface area contributed by atoms with E-state index in [4.69, 9.17) is 0 Å². The second-order valence-corrected chi connectivity index (χ2v) is 9.49. The molecule has 0 radical (unpaired) electrons. The first-order valence-electron chi connectivity index (χ1n) is 11.9. The molecule has 0 unspecified atom stereocenters. The van der Waals surface area contributed by atoms with Crippen molar-refractivity contribution in [3.8, 4) is 0 Å². The number of unbranched alkanes of at least 4 members (excludes halogenated alkanes) is 2. The Hall–Kier alpha value is -0.780. The van der Waals surface area contributed by atoms with Crippen LogP contribution in [0.15, 0.2) is 24.3 Å². The molecule has 0 spiro atoms. The predicted octanol–water partition coefficient (Wildman–Crippen LogP) is 8.30. The number of hydrogen-bond donors (Lipinski definition) is 0. The lowest BCUT2D eigenvalue weighted by Crippen LogP contribution is -2.23. The van der Waals surface area contributed by atoms with Crippen LogP contribution in [0.5, 0.6) is 0 Å². The Bertz CT molecular complexity index is 485. The van der Waals surface area contributed by atoms with Gasteiger partial charge in [-0.15, -0.1) is 0 Å². The number of hydrogen-bond acceptors (Lipinski definition) is 0. The van der Waals surface area contributed by atoms with E-state index in [1.165, 1.54) is 89.9 Å². The first-order chi connectivity index (χ1) is 12.8. The lowest BCUT2D eigenvalue weighted by molar-refractivity contribution is 0.170. The molecule has 26 heavy (non-hydrogen) atoms. The highest BCUT2D eigenvalue weighted by Gasteiger charge is 2.27. The predicted molar refractivity (Wildman–Crippen MR) is 115 cm³/mol. The van der Waals surface area contributed by atoms with Gasteiger partial charge in [-0.2, -0.15) is 0 Å². The molecule has 0 nitrogen and oxygen atoms in total. The van der Waals surface area contributed by atoms with Crippen molar-refractivity contribution in [3.05, 3.63) is 35.4 Å². The molecule has 1 aromatic carbocycles. The van der Waals surface area contributed by atoms with E-state index in [0.29, 0.717) is 0 Å². The number of benzene rings is 1. The van der Waals surface area contributed by atoms with Crippen LogP contribution in [0.3, 0.4) is 0 Å². The fourth-order valence-electron chi connectivity index (χ4n) is 5.55. The highest BCUT2D eigenvalue weighted by atomic mass is 14.3. The number of aryl methyl sites for hydroxylation is 1. The SMILES string of the molecule is CCCCC[C@H]1CC[C@H](c2ccc(CCC3CC(CCC)C3)cc2)CC1. The molecular weight excluding hydrogens is 312 g/mol. The topological polar surface area (TPSA) is 0 Å².